The summed E-state index contributed by atoms with van der Waals surface area (Å²) in [4.78, 5) is 13.2. The Bertz CT molecular complexity index is 361. The summed E-state index contributed by atoms with van der Waals surface area (Å²) in [5, 5.41) is 0. The van der Waals surface area contributed by atoms with Crippen LogP contribution in [0.5, 0.6) is 0 Å². The zero-order chi connectivity index (χ0) is 11.4. The van der Waals surface area contributed by atoms with Crippen LogP contribution in [0.1, 0.15) is 32.6 Å². The highest BCUT2D eigenvalue weighted by Gasteiger charge is 2.20. The molecule has 0 spiro atoms. The van der Waals surface area contributed by atoms with Crippen LogP contribution < -0.4 is 0 Å². The Hall–Kier alpha value is -0.250. The lowest BCUT2D eigenvalue weighted by atomic mass is 10.1. The van der Waals surface area contributed by atoms with Crippen molar-refractivity contribution in [2.45, 2.75) is 25.6 Å². The molecule has 5 heteroatoms. The molecule has 84 valence electrons. The first-order chi connectivity index (χ1) is 7.15. The van der Waals surface area contributed by atoms with Crippen LogP contribution in [0, 0.1) is 6.92 Å². The maximum absolute atomic E-state index is 11.6. The third-order valence-electron chi connectivity index (χ3n) is 2.05. The van der Waals surface area contributed by atoms with Gasteiger partial charge in [0.25, 0.3) is 0 Å². The van der Waals surface area contributed by atoms with Gasteiger partial charge in [-0.25, -0.2) is 4.79 Å². The zero-order valence-corrected chi connectivity index (χ0v) is 10.9. The minimum Gasteiger partial charge on any atom is -0.462 e. The molecule has 0 atom stereocenters. The highest BCUT2D eigenvalue weighted by Crippen LogP contribution is 2.31. The lowest BCUT2D eigenvalue weighted by molar-refractivity contribution is 0.0531. The molecule has 1 aromatic rings. The van der Waals surface area contributed by atoms with Gasteiger partial charge in [-0.3, -0.25) is 0 Å². The number of hydrogen-bond donors (Lipinski definition) is 0. The Labute approximate surface area is 103 Å². The molecule has 1 heterocycles. The molecule has 1 rings (SSSR count). The predicted octanol–water partition coefficient (Wildman–Crippen LogP) is 3.71. The number of thiophene rings is 1. The Morgan fingerprint density at radius 3 is 2.40 bits per heavy atom. The number of esters is 1. The fourth-order valence-corrected chi connectivity index (χ4v) is 3.20. The van der Waals surface area contributed by atoms with Crippen LogP contribution in [-0.2, 0) is 16.5 Å². The molecule has 0 saturated carbocycles. The number of halogens is 2. The number of aryl methyl sites for hydroxylation is 1. The highest BCUT2D eigenvalue weighted by molar-refractivity contribution is 7.14. The van der Waals surface area contributed by atoms with Crippen molar-refractivity contribution in [1.82, 2.24) is 0 Å². The van der Waals surface area contributed by atoms with Gasteiger partial charge in [-0.1, -0.05) is 0 Å². The van der Waals surface area contributed by atoms with Crippen LogP contribution in [-0.4, -0.2) is 12.6 Å². The van der Waals surface area contributed by atoms with Crippen LogP contribution in [0.15, 0.2) is 0 Å². The summed E-state index contributed by atoms with van der Waals surface area (Å²) < 4.78 is 4.95. The van der Waals surface area contributed by atoms with E-state index in [4.69, 9.17) is 27.9 Å². The van der Waals surface area contributed by atoms with Crippen molar-refractivity contribution >= 4 is 40.5 Å². The van der Waals surface area contributed by atoms with Gasteiger partial charge in [0, 0.05) is 16.6 Å². The van der Waals surface area contributed by atoms with E-state index >= 15 is 0 Å². The van der Waals surface area contributed by atoms with Gasteiger partial charge in [-0.2, -0.15) is 0 Å². The maximum Gasteiger partial charge on any atom is 0.348 e. The van der Waals surface area contributed by atoms with Gasteiger partial charge in [-0.05, 0) is 25.0 Å². The molecular weight excluding hydrogens is 255 g/mol. The quantitative estimate of drug-likeness (QED) is 0.614. The summed E-state index contributed by atoms with van der Waals surface area (Å²) in [6.07, 6.45) is 0. The highest BCUT2D eigenvalue weighted by atomic mass is 35.5. The molecule has 0 N–H and O–H groups in total. The molecule has 0 aliphatic rings. The second-order valence-corrected chi connectivity index (χ2v) is 4.69. The fraction of sp³-hybridized carbons (Fsp3) is 0.500. The van der Waals surface area contributed by atoms with Gasteiger partial charge in [-0.15, -0.1) is 34.5 Å². The number of ether oxygens (including phenoxy) is 1. The summed E-state index contributed by atoms with van der Waals surface area (Å²) >= 11 is 13.0. The third kappa shape index (κ3) is 2.65. The third-order valence-corrected chi connectivity index (χ3v) is 3.75. The van der Waals surface area contributed by atoms with Crippen LogP contribution in [0.25, 0.3) is 0 Å². The SMILES string of the molecule is CCOC(=O)c1sc(C)c(CCl)c1CCl. The summed E-state index contributed by atoms with van der Waals surface area (Å²) in [6.45, 7) is 4.08. The lowest BCUT2D eigenvalue weighted by Gasteiger charge is -2.02. The first-order valence-corrected chi connectivity index (χ1v) is 6.44. The van der Waals surface area contributed by atoms with E-state index in [9.17, 15) is 4.79 Å². The first kappa shape index (κ1) is 12.8. The molecule has 0 saturated heterocycles. The summed E-state index contributed by atoms with van der Waals surface area (Å²) in [5.74, 6) is 0.363. The van der Waals surface area contributed by atoms with E-state index in [1.807, 2.05) is 6.92 Å². The minimum absolute atomic E-state index is 0.292. The molecule has 0 aromatic carbocycles. The van der Waals surface area contributed by atoms with E-state index in [1.54, 1.807) is 6.92 Å². The van der Waals surface area contributed by atoms with Gasteiger partial charge in [0.15, 0.2) is 0 Å². The van der Waals surface area contributed by atoms with Crippen LogP contribution in [0.3, 0.4) is 0 Å². The molecule has 15 heavy (non-hydrogen) atoms. The van der Waals surface area contributed by atoms with Gasteiger partial charge in [0.05, 0.1) is 6.61 Å². The second-order valence-electron chi connectivity index (χ2n) is 2.93. The lowest BCUT2D eigenvalue weighted by Crippen LogP contribution is -2.05. The van der Waals surface area contributed by atoms with E-state index in [0.29, 0.717) is 23.2 Å². The first-order valence-electron chi connectivity index (χ1n) is 4.55. The Kier molecular flexibility index (Phi) is 4.90. The van der Waals surface area contributed by atoms with Gasteiger partial charge < -0.3 is 4.74 Å². The molecule has 0 aliphatic heterocycles. The molecular formula is C10H12Cl2O2S. The molecule has 0 radical (unpaired) electrons. The molecule has 0 unspecified atom stereocenters. The van der Waals surface area contributed by atoms with Gasteiger partial charge >= 0.3 is 5.97 Å². The van der Waals surface area contributed by atoms with Crippen molar-refractivity contribution in [3.63, 3.8) is 0 Å². The van der Waals surface area contributed by atoms with Crippen molar-refractivity contribution in [2.75, 3.05) is 6.61 Å². The number of carbonyl (C=O) groups is 1. The van der Waals surface area contributed by atoms with Crippen molar-refractivity contribution in [2.24, 2.45) is 0 Å². The second kappa shape index (κ2) is 5.73. The topological polar surface area (TPSA) is 26.3 Å². The smallest absolute Gasteiger partial charge is 0.348 e. The van der Waals surface area contributed by atoms with E-state index in [1.165, 1.54) is 11.3 Å². The Morgan fingerprint density at radius 1 is 1.33 bits per heavy atom. The molecule has 0 amide bonds. The summed E-state index contributed by atoms with van der Waals surface area (Å²) in [5.41, 5.74) is 1.77. The number of rotatable bonds is 4. The Balaban J connectivity index is 3.12. The van der Waals surface area contributed by atoms with Gasteiger partial charge in [0.1, 0.15) is 4.88 Å². The van der Waals surface area contributed by atoms with Crippen molar-refractivity contribution < 1.29 is 9.53 Å². The van der Waals surface area contributed by atoms with Gasteiger partial charge in [0.2, 0.25) is 0 Å². The number of alkyl halides is 2. The van der Waals surface area contributed by atoms with E-state index in [0.717, 1.165) is 16.0 Å². The standard InChI is InChI=1S/C10H12Cl2O2S/c1-3-14-10(13)9-8(5-12)7(4-11)6(2)15-9/h3-5H2,1-2H3. The molecule has 0 fully saturated rings. The van der Waals surface area contributed by atoms with Crippen LogP contribution >= 0.6 is 34.5 Å². The Morgan fingerprint density at radius 2 is 1.93 bits per heavy atom. The predicted molar refractivity (Wildman–Crippen MR) is 64.1 cm³/mol. The average Bonchev–Trinajstić information content (AvgIpc) is 2.54. The zero-order valence-electron chi connectivity index (χ0n) is 8.60. The molecule has 2 nitrogen and oxygen atoms in total. The van der Waals surface area contributed by atoms with E-state index < -0.39 is 0 Å². The largest absolute Gasteiger partial charge is 0.462 e. The van der Waals surface area contributed by atoms with E-state index in [-0.39, 0.29) is 5.97 Å². The molecule has 0 bridgehead atoms. The van der Waals surface area contributed by atoms with Crippen molar-refractivity contribution in [3.05, 3.63) is 20.9 Å². The minimum atomic E-state index is -0.308. The number of hydrogen-bond acceptors (Lipinski definition) is 3. The van der Waals surface area contributed by atoms with Crippen LogP contribution in [0.2, 0.25) is 0 Å². The molecule has 1 aromatic heterocycles. The van der Waals surface area contributed by atoms with E-state index in [2.05, 4.69) is 0 Å². The van der Waals surface area contributed by atoms with Crippen molar-refractivity contribution in [1.29, 1.82) is 0 Å². The molecule has 0 aliphatic carbocycles. The van der Waals surface area contributed by atoms with Crippen LogP contribution in [0.4, 0.5) is 0 Å². The summed E-state index contributed by atoms with van der Waals surface area (Å²) in [7, 11) is 0. The number of carbonyl (C=O) groups excluding carboxylic acids is 1. The summed E-state index contributed by atoms with van der Waals surface area (Å²) in [6, 6.07) is 0. The maximum atomic E-state index is 11.6. The average molecular weight is 267 g/mol. The monoisotopic (exact) mass is 266 g/mol. The van der Waals surface area contributed by atoms with Crippen molar-refractivity contribution in [3.8, 4) is 0 Å². The normalized spacial score (nSPS) is 10.4. The fourth-order valence-electron chi connectivity index (χ4n) is 1.30.